The van der Waals surface area contributed by atoms with Gasteiger partial charge in [0.1, 0.15) is 6.54 Å². The first-order valence-corrected chi connectivity index (χ1v) is 23.9. The third-order valence-electron chi connectivity index (χ3n) is 13.7. The number of fused-ring (bicyclic) bond motifs is 2. The Hall–Kier alpha value is -4.19. The largest absolute Gasteiger partial charge is 0.480 e. The lowest BCUT2D eigenvalue weighted by atomic mass is 9.71. The zero-order valence-electron chi connectivity index (χ0n) is 38.5. The number of unbranched alkanes of at least 4 members (excludes halogenated alkanes) is 15. The van der Waals surface area contributed by atoms with E-state index in [1.54, 1.807) is 0 Å². The summed E-state index contributed by atoms with van der Waals surface area (Å²) in [7, 11) is 0. The minimum atomic E-state index is -1.60. The number of carboxylic acids is 1. The molecule has 6 nitrogen and oxygen atoms in total. The van der Waals surface area contributed by atoms with Crippen molar-refractivity contribution in [2.45, 2.75) is 175 Å². The van der Waals surface area contributed by atoms with E-state index in [9.17, 15) is 14.7 Å². The SMILES string of the molecule is CCCCCCCCCCCCCCCCCCNC(=O)C1(C(=O)O)CC(/C=C/C2=[N+](CC)c3ccccc3C2(C)C)=CC(=C/C=C2/N(CC)c3ccccc3C2(C)C)/C1. The molecule has 0 radical (unpaired) electrons. The number of carbonyl (C=O) groups excluding carboxylic acids is 1. The van der Waals surface area contributed by atoms with Crippen LogP contribution < -0.4 is 10.2 Å². The zero-order valence-corrected chi connectivity index (χ0v) is 38.5. The van der Waals surface area contributed by atoms with Crippen LogP contribution in [0.1, 0.15) is 175 Å². The molecule has 2 aromatic carbocycles. The second-order valence-corrected chi connectivity index (χ2v) is 18.8. The summed E-state index contributed by atoms with van der Waals surface area (Å²) in [5, 5.41) is 14.1. The van der Waals surface area contributed by atoms with Crippen LogP contribution in [0.3, 0.4) is 0 Å². The summed E-state index contributed by atoms with van der Waals surface area (Å²) >= 11 is 0. The van der Waals surface area contributed by atoms with Crippen LogP contribution in [0, 0.1) is 5.41 Å². The third-order valence-corrected chi connectivity index (χ3v) is 13.7. The van der Waals surface area contributed by atoms with Gasteiger partial charge in [0, 0.05) is 47.6 Å². The van der Waals surface area contributed by atoms with Gasteiger partial charge in [0.25, 0.3) is 0 Å². The monoisotopic (exact) mass is 817 g/mol. The number of para-hydroxylation sites is 2. The van der Waals surface area contributed by atoms with Crippen molar-refractivity contribution < 1.29 is 19.3 Å². The quantitative estimate of drug-likeness (QED) is 0.0629. The van der Waals surface area contributed by atoms with Gasteiger partial charge in [-0.2, -0.15) is 4.58 Å². The second kappa shape index (κ2) is 22.1. The fourth-order valence-corrected chi connectivity index (χ4v) is 10.1. The molecule has 1 unspecified atom stereocenters. The number of carbonyl (C=O) groups is 2. The van der Waals surface area contributed by atoms with Gasteiger partial charge in [-0.3, -0.25) is 9.59 Å². The number of allylic oxidation sites excluding steroid dienone is 8. The van der Waals surface area contributed by atoms with Crippen LogP contribution in [-0.4, -0.2) is 46.9 Å². The van der Waals surface area contributed by atoms with Crippen LogP contribution in [0.25, 0.3) is 0 Å². The summed E-state index contributed by atoms with van der Waals surface area (Å²) < 4.78 is 2.35. The molecule has 60 heavy (non-hydrogen) atoms. The van der Waals surface area contributed by atoms with Gasteiger partial charge >= 0.3 is 5.97 Å². The summed E-state index contributed by atoms with van der Waals surface area (Å²) in [5.41, 5.74) is 6.99. The number of hydrogen-bond acceptors (Lipinski definition) is 3. The number of hydrogen-bond donors (Lipinski definition) is 2. The standard InChI is InChI=1S/C54H77N3O3/c1-8-11-12-13-14-15-16-17-18-19-20-21-22-23-24-29-38-55-50(58)54(51(59)60)40-42(34-36-48-52(4,5)44-30-25-27-32-46(44)56(48)9-2)39-43(41-54)35-37-49-53(6,7)45-31-26-28-33-47(45)57(49)10-3/h25-28,30-37,39H,8-24,29,38,40-41H2,1-7H3,(H-,55,58,59,60)/p+1. The Labute approximate surface area is 364 Å². The molecule has 0 saturated heterocycles. The van der Waals surface area contributed by atoms with E-state index >= 15 is 0 Å². The van der Waals surface area contributed by atoms with Gasteiger partial charge in [-0.1, -0.05) is 172 Å². The van der Waals surface area contributed by atoms with Crippen molar-refractivity contribution in [3.05, 3.63) is 107 Å². The Balaban J connectivity index is 1.25. The topological polar surface area (TPSA) is 72.7 Å². The average Bonchev–Trinajstić information content (AvgIpc) is 3.60. The van der Waals surface area contributed by atoms with Crippen LogP contribution in [-0.2, 0) is 20.4 Å². The van der Waals surface area contributed by atoms with E-state index in [2.05, 4.69) is 142 Å². The van der Waals surface area contributed by atoms with Crippen LogP contribution in [0.2, 0.25) is 0 Å². The summed E-state index contributed by atoms with van der Waals surface area (Å²) in [4.78, 5) is 30.0. The van der Waals surface area contributed by atoms with Crippen molar-refractivity contribution in [1.82, 2.24) is 5.32 Å². The number of carboxylic acid groups (broad SMARTS) is 1. The number of benzene rings is 2. The van der Waals surface area contributed by atoms with E-state index in [0.717, 1.165) is 43.5 Å². The molecule has 0 saturated carbocycles. The maximum absolute atomic E-state index is 14.2. The van der Waals surface area contributed by atoms with E-state index in [1.807, 2.05) is 0 Å². The minimum absolute atomic E-state index is 0.141. The summed E-state index contributed by atoms with van der Waals surface area (Å²) in [6.45, 7) is 17.8. The first-order chi connectivity index (χ1) is 28.9. The van der Waals surface area contributed by atoms with E-state index in [-0.39, 0.29) is 29.6 Å². The van der Waals surface area contributed by atoms with Crippen molar-refractivity contribution in [2.24, 2.45) is 5.41 Å². The number of anilines is 1. The minimum Gasteiger partial charge on any atom is -0.480 e. The summed E-state index contributed by atoms with van der Waals surface area (Å²) in [6, 6.07) is 17.1. The predicted molar refractivity (Wildman–Crippen MR) is 253 cm³/mol. The van der Waals surface area contributed by atoms with Crippen molar-refractivity contribution >= 4 is 29.0 Å². The first-order valence-electron chi connectivity index (χ1n) is 23.9. The van der Waals surface area contributed by atoms with Gasteiger partial charge in [0.2, 0.25) is 11.6 Å². The molecule has 0 fully saturated rings. The molecule has 1 atom stereocenters. The molecule has 6 heteroatoms. The third kappa shape index (κ3) is 11.0. The lowest BCUT2D eigenvalue weighted by Gasteiger charge is -2.33. The molecule has 0 bridgehead atoms. The maximum Gasteiger partial charge on any atom is 0.319 e. The molecule has 2 heterocycles. The first kappa shape index (κ1) is 46.9. The number of amides is 1. The normalized spacial score (nSPS) is 20.6. The van der Waals surface area contributed by atoms with Gasteiger partial charge in [-0.05, 0) is 75.8 Å². The van der Waals surface area contributed by atoms with Crippen LogP contribution in [0.15, 0.2) is 95.8 Å². The van der Waals surface area contributed by atoms with E-state index in [1.165, 1.54) is 117 Å². The number of likely N-dealkylation sites (N-methyl/N-ethyl adjacent to an activating group) is 1. The van der Waals surface area contributed by atoms with Crippen molar-refractivity contribution in [1.29, 1.82) is 0 Å². The number of nitrogens with one attached hydrogen (secondary N) is 1. The zero-order chi connectivity index (χ0) is 43.2. The summed E-state index contributed by atoms with van der Waals surface area (Å²) in [6.07, 6.45) is 31.5. The molecular formula is C54H78N3O3+. The average molecular weight is 817 g/mol. The Morgan fingerprint density at radius 2 is 1.27 bits per heavy atom. The van der Waals surface area contributed by atoms with E-state index < -0.39 is 11.4 Å². The molecule has 2 aliphatic heterocycles. The van der Waals surface area contributed by atoms with E-state index in [4.69, 9.17) is 0 Å². The van der Waals surface area contributed by atoms with Gasteiger partial charge in [0.15, 0.2) is 11.1 Å². The van der Waals surface area contributed by atoms with E-state index in [0.29, 0.717) is 6.54 Å². The van der Waals surface area contributed by atoms with Gasteiger partial charge in [-0.25, -0.2) is 0 Å². The highest BCUT2D eigenvalue weighted by Crippen LogP contribution is 2.48. The Bertz CT molecular complexity index is 1930. The van der Waals surface area contributed by atoms with Crippen LogP contribution in [0.4, 0.5) is 11.4 Å². The molecule has 0 aromatic heterocycles. The van der Waals surface area contributed by atoms with Crippen LogP contribution in [0.5, 0.6) is 0 Å². The Kier molecular flexibility index (Phi) is 17.2. The molecule has 1 aliphatic carbocycles. The second-order valence-electron chi connectivity index (χ2n) is 18.8. The molecule has 3 aliphatic rings. The van der Waals surface area contributed by atoms with Gasteiger partial charge in [-0.15, -0.1) is 0 Å². The maximum atomic E-state index is 14.2. The van der Waals surface area contributed by atoms with Crippen LogP contribution >= 0.6 is 0 Å². The Morgan fingerprint density at radius 1 is 0.700 bits per heavy atom. The number of rotatable bonds is 24. The molecule has 1 amide bonds. The highest BCUT2D eigenvalue weighted by atomic mass is 16.4. The summed E-state index contributed by atoms with van der Waals surface area (Å²) in [5.74, 6) is -1.45. The number of nitrogens with zero attached hydrogens (tertiary/aromatic N) is 2. The van der Waals surface area contributed by atoms with Gasteiger partial charge < -0.3 is 15.3 Å². The molecular weight excluding hydrogens is 739 g/mol. The highest BCUT2D eigenvalue weighted by Gasteiger charge is 2.49. The Morgan fingerprint density at radius 3 is 1.85 bits per heavy atom. The lowest BCUT2D eigenvalue weighted by Crippen LogP contribution is -2.48. The molecule has 5 rings (SSSR count). The molecule has 2 aromatic rings. The highest BCUT2D eigenvalue weighted by molar-refractivity contribution is 6.04. The molecule has 326 valence electrons. The molecule has 0 spiro atoms. The smallest absolute Gasteiger partial charge is 0.319 e. The van der Waals surface area contributed by atoms with Crippen molar-refractivity contribution in [3.63, 3.8) is 0 Å². The fourth-order valence-electron chi connectivity index (χ4n) is 10.1. The van der Waals surface area contributed by atoms with Crippen molar-refractivity contribution in [2.75, 3.05) is 24.5 Å². The predicted octanol–water partition coefficient (Wildman–Crippen LogP) is 13.4. The lowest BCUT2D eigenvalue weighted by molar-refractivity contribution is -0.433. The number of aliphatic carboxylic acids is 1. The van der Waals surface area contributed by atoms with Crippen molar-refractivity contribution in [3.8, 4) is 0 Å². The fraction of sp³-hybridized carbons (Fsp3) is 0.574. The molecule has 2 N–H and O–H groups in total. The van der Waals surface area contributed by atoms with Gasteiger partial charge in [0.05, 0.1) is 5.41 Å².